The highest BCUT2D eigenvalue weighted by Gasteiger charge is 2.29. The Morgan fingerprint density at radius 3 is 2.92 bits per heavy atom. The van der Waals surface area contributed by atoms with E-state index in [9.17, 15) is 9.59 Å². The minimum absolute atomic E-state index is 0.0411. The van der Waals surface area contributed by atoms with Gasteiger partial charge in [-0.25, -0.2) is 0 Å². The number of para-hydroxylation sites is 1. The molecule has 1 aliphatic heterocycles. The van der Waals surface area contributed by atoms with Crippen molar-refractivity contribution in [3.05, 3.63) is 53.5 Å². The van der Waals surface area contributed by atoms with Gasteiger partial charge in [-0.3, -0.25) is 9.59 Å². The van der Waals surface area contributed by atoms with Crippen LogP contribution in [0.1, 0.15) is 21.7 Å². The Morgan fingerprint density at radius 1 is 1.33 bits per heavy atom. The predicted molar refractivity (Wildman–Crippen MR) is 90.9 cm³/mol. The molecule has 0 aliphatic carbocycles. The molecule has 3 rings (SSSR count). The van der Waals surface area contributed by atoms with Gasteiger partial charge in [0.25, 0.3) is 5.91 Å². The molecular formula is C18H21N3O3. The first-order chi connectivity index (χ1) is 11.6. The van der Waals surface area contributed by atoms with E-state index in [1.54, 1.807) is 22.9 Å². The van der Waals surface area contributed by atoms with Gasteiger partial charge in [-0.05, 0) is 24.7 Å². The number of nitrogens with zero attached hydrogens (tertiary/aromatic N) is 2. The molecule has 1 N–H and O–H groups in total. The summed E-state index contributed by atoms with van der Waals surface area (Å²) in [6, 6.07) is 9.49. The van der Waals surface area contributed by atoms with Gasteiger partial charge in [0.1, 0.15) is 0 Å². The Bertz CT molecular complexity index is 753. The maximum absolute atomic E-state index is 12.5. The van der Waals surface area contributed by atoms with Gasteiger partial charge in [-0.15, -0.1) is 0 Å². The van der Waals surface area contributed by atoms with E-state index in [2.05, 4.69) is 5.32 Å². The summed E-state index contributed by atoms with van der Waals surface area (Å²) in [5.41, 5.74) is 2.65. The van der Waals surface area contributed by atoms with Gasteiger partial charge in [0, 0.05) is 31.4 Å². The monoisotopic (exact) mass is 327 g/mol. The number of carbonyl (C=O) groups excluding carboxylic acids is 2. The summed E-state index contributed by atoms with van der Waals surface area (Å²) in [6.07, 6.45) is 1.90. The van der Waals surface area contributed by atoms with Crippen LogP contribution in [0.25, 0.3) is 0 Å². The highest BCUT2D eigenvalue weighted by Crippen LogP contribution is 2.30. The smallest absolute Gasteiger partial charge is 0.289 e. The van der Waals surface area contributed by atoms with Gasteiger partial charge in [0.05, 0.1) is 19.2 Å². The van der Waals surface area contributed by atoms with Crippen LogP contribution in [0, 0.1) is 0 Å². The molecule has 0 spiro atoms. The zero-order chi connectivity index (χ0) is 17.1. The molecule has 2 heterocycles. The van der Waals surface area contributed by atoms with Crippen LogP contribution >= 0.6 is 0 Å². The quantitative estimate of drug-likeness (QED) is 0.876. The number of amides is 2. The number of hydrogen-bond acceptors (Lipinski definition) is 4. The van der Waals surface area contributed by atoms with Crippen LogP contribution in [0.4, 0.5) is 5.69 Å². The lowest BCUT2D eigenvalue weighted by atomic mass is 10.1. The maximum Gasteiger partial charge on any atom is 0.289 e. The number of hydrogen-bond donors (Lipinski definition) is 1. The fourth-order valence-electron chi connectivity index (χ4n) is 2.86. The second kappa shape index (κ2) is 6.88. The van der Waals surface area contributed by atoms with E-state index in [0.29, 0.717) is 31.8 Å². The topological polar surface area (TPSA) is 65.8 Å². The molecule has 1 aliphatic rings. The second-order valence-electron chi connectivity index (χ2n) is 5.89. The van der Waals surface area contributed by atoms with Crippen molar-refractivity contribution in [2.75, 3.05) is 32.1 Å². The Morgan fingerprint density at radius 2 is 2.12 bits per heavy atom. The molecule has 0 fully saturated rings. The second-order valence-corrected chi connectivity index (χ2v) is 5.89. The van der Waals surface area contributed by atoms with Crippen LogP contribution in [0.5, 0.6) is 0 Å². The highest BCUT2D eigenvalue weighted by atomic mass is 16.3. The van der Waals surface area contributed by atoms with Crippen molar-refractivity contribution in [1.29, 1.82) is 0 Å². The lowest BCUT2D eigenvalue weighted by molar-refractivity contribution is -0.117. The number of benzene rings is 1. The number of rotatable bonds is 6. The lowest BCUT2D eigenvalue weighted by Crippen LogP contribution is -2.33. The molecule has 6 nitrogen and oxygen atoms in total. The van der Waals surface area contributed by atoms with Crippen LogP contribution in [-0.2, 0) is 17.8 Å². The first kappa shape index (κ1) is 16.3. The van der Waals surface area contributed by atoms with Crippen molar-refractivity contribution in [1.82, 2.24) is 10.2 Å². The van der Waals surface area contributed by atoms with Crippen molar-refractivity contribution in [3.8, 4) is 0 Å². The van der Waals surface area contributed by atoms with Crippen LogP contribution in [0.2, 0.25) is 0 Å². The number of furan rings is 1. The molecular weight excluding hydrogens is 306 g/mol. The summed E-state index contributed by atoms with van der Waals surface area (Å²) in [7, 11) is 3.58. The first-order valence-electron chi connectivity index (χ1n) is 7.96. The largest absolute Gasteiger partial charge is 0.459 e. The molecule has 0 saturated carbocycles. The molecule has 0 radical (unpaired) electrons. The number of likely N-dealkylation sites (N-methyl/N-ethyl adjacent to an activating group) is 2. The van der Waals surface area contributed by atoms with Gasteiger partial charge in [0.15, 0.2) is 5.76 Å². The summed E-state index contributed by atoms with van der Waals surface area (Å²) in [5, 5.41) is 3.01. The Balaban J connectivity index is 1.79. The molecule has 6 heteroatoms. The van der Waals surface area contributed by atoms with Gasteiger partial charge in [0.2, 0.25) is 5.91 Å². The standard InChI is InChI=1S/C18H21N3O3/c1-19-8-9-20(2)18(23)17-14(7-10-24-17)12-21-15-6-4-3-5-13(15)11-16(21)22/h3-7,10,19H,8-9,11-12H2,1-2H3. The Hall–Kier alpha value is -2.60. The van der Waals surface area contributed by atoms with Gasteiger partial charge in [-0.2, -0.15) is 0 Å². The maximum atomic E-state index is 12.5. The van der Waals surface area contributed by atoms with Crippen molar-refractivity contribution in [2.45, 2.75) is 13.0 Å². The molecule has 0 atom stereocenters. The molecule has 24 heavy (non-hydrogen) atoms. The molecule has 2 aromatic rings. The molecule has 0 unspecified atom stereocenters. The van der Waals surface area contributed by atoms with Crippen molar-refractivity contribution in [2.24, 2.45) is 0 Å². The van der Waals surface area contributed by atoms with Crippen LogP contribution in [0.3, 0.4) is 0 Å². The number of anilines is 1. The predicted octanol–water partition coefficient (Wildman–Crippen LogP) is 1.66. The van der Waals surface area contributed by atoms with Crippen molar-refractivity contribution >= 4 is 17.5 Å². The van der Waals surface area contributed by atoms with Gasteiger partial charge in [-0.1, -0.05) is 18.2 Å². The summed E-state index contributed by atoms with van der Waals surface area (Å²) >= 11 is 0. The Labute approximate surface area is 141 Å². The highest BCUT2D eigenvalue weighted by molar-refractivity contribution is 6.01. The minimum Gasteiger partial charge on any atom is -0.459 e. The molecule has 0 saturated heterocycles. The first-order valence-corrected chi connectivity index (χ1v) is 7.96. The fourth-order valence-corrected chi connectivity index (χ4v) is 2.86. The molecule has 2 amide bonds. The van der Waals surface area contributed by atoms with Gasteiger partial charge < -0.3 is 19.5 Å². The van der Waals surface area contributed by atoms with E-state index in [1.807, 2.05) is 31.3 Å². The Kier molecular flexibility index (Phi) is 4.66. The number of nitrogens with one attached hydrogen (secondary N) is 1. The average molecular weight is 327 g/mol. The minimum atomic E-state index is -0.176. The summed E-state index contributed by atoms with van der Waals surface area (Å²) in [5.74, 6) is 0.162. The molecule has 1 aromatic heterocycles. The van der Waals surface area contributed by atoms with E-state index in [0.717, 1.165) is 16.8 Å². The number of carbonyl (C=O) groups is 2. The zero-order valence-electron chi connectivity index (χ0n) is 13.9. The zero-order valence-corrected chi connectivity index (χ0v) is 13.9. The third kappa shape index (κ3) is 3.05. The normalized spacial score (nSPS) is 13.2. The summed E-state index contributed by atoms with van der Waals surface area (Å²) in [4.78, 5) is 28.2. The van der Waals surface area contributed by atoms with E-state index in [1.165, 1.54) is 6.26 Å². The number of fused-ring (bicyclic) bond motifs is 1. The van der Waals surface area contributed by atoms with E-state index < -0.39 is 0 Å². The average Bonchev–Trinajstić information content (AvgIpc) is 3.17. The van der Waals surface area contributed by atoms with E-state index in [-0.39, 0.29) is 11.8 Å². The van der Waals surface area contributed by atoms with Crippen molar-refractivity contribution in [3.63, 3.8) is 0 Å². The SMILES string of the molecule is CNCCN(C)C(=O)c1occc1CN1C(=O)Cc2ccccc21. The molecule has 126 valence electrons. The van der Waals surface area contributed by atoms with Crippen LogP contribution in [0.15, 0.2) is 41.0 Å². The van der Waals surface area contributed by atoms with E-state index in [4.69, 9.17) is 4.42 Å². The van der Waals surface area contributed by atoms with E-state index >= 15 is 0 Å². The van der Waals surface area contributed by atoms with Crippen LogP contribution < -0.4 is 10.2 Å². The van der Waals surface area contributed by atoms with Crippen molar-refractivity contribution < 1.29 is 14.0 Å². The molecule has 0 bridgehead atoms. The van der Waals surface area contributed by atoms with Gasteiger partial charge >= 0.3 is 0 Å². The summed E-state index contributed by atoms with van der Waals surface area (Å²) < 4.78 is 5.41. The lowest BCUT2D eigenvalue weighted by Gasteiger charge is -2.19. The summed E-state index contributed by atoms with van der Waals surface area (Å²) in [6.45, 7) is 1.63. The third-order valence-electron chi connectivity index (χ3n) is 4.24. The van der Waals surface area contributed by atoms with Crippen LogP contribution in [-0.4, -0.2) is 43.9 Å². The molecule has 1 aromatic carbocycles. The fraction of sp³-hybridized carbons (Fsp3) is 0.333. The third-order valence-corrected chi connectivity index (χ3v) is 4.24.